The van der Waals surface area contributed by atoms with E-state index >= 15 is 0 Å². The molecule has 0 aromatic heterocycles. The van der Waals surface area contributed by atoms with Gasteiger partial charge in [-0.1, -0.05) is 60.2 Å². The summed E-state index contributed by atoms with van der Waals surface area (Å²) in [5.41, 5.74) is 3.65. The maximum absolute atomic E-state index is 5.63. The van der Waals surface area contributed by atoms with E-state index in [1.54, 1.807) is 0 Å². The van der Waals surface area contributed by atoms with Gasteiger partial charge in [0.1, 0.15) is 12.4 Å². The Kier molecular flexibility index (Phi) is 5.19. The topological polar surface area (TPSA) is 9.23 Å². The van der Waals surface area contributed by atoms with E-state index in [-0.39, 0.29) is 0 Å². The van der Waals surface area contributed by atoms with Crippen LogP contribution < -0.4 is 4.74 Å². The van der Waals surface area contributed by atoms with Gasteiger partial charge in [-0.05, 0) is 43.2 Å². The molecule has 0 unspecified atom stereocenters. The molecule has 0 saturated heterocycles. The lowest BCUT2D eigenvalue weighted by molar-refractivity contribution is 0.362. The standard InChI is InChI=1S/C19H20O/c1-16(2)14-15-20-19-12-10-18(11-13-19)9-8-17-6-4-3-5-7-17/h3-14H,15H2,1-2H3. The van der Waals surface area contributed by atoms with Crippen molar-refractivity contribution in [1.29, 1.82) is 0 Å². The van der Waals surface area contributed by atoms with Crippen LogP contribution in [0.5, 0.6) is 5.75 Å². The largest absolute Gasteiger partial charge is 0.490 e. The van der Waals surface area contributed by atoms with Gasteiger partial charge in [0.15, 0.2) is 0 Å². The summed E-state index contributed by atoms with van der Waals surface area (Å²) >= 11 is 0. The first-order valence-electron chi connectivity index (χ1n) is 6.83. The number of hydrogen-bond acceptors (Lipinski definition) is 1. The van der Waals surface area contributed by atoms with Crippen LogP contribution in [0.4, 0.5) is 0 Å². The minimum Gasteiger partial charge on any atom is -0.490 e. The predicted octanol–water partition coefficient (Wildman–Crippen LogP) is 5.20. The third-order valence-electron chi connectivity index (χ3n) is 2.89. The Hall–Kier alpha value is -2.28. The van der Waals surface area contributed by atoms with Crippen LogP contribution in [0.3, 0.4) is 0 Å². The molecule has 0 N–H and O–H groups in total. The highest BCUT2D eigenvalue weighted by molar-refractivity contribution is 5.69. The van der Waals surface area contributed by atoms with Gasteiger partial charge in [0.05, 0.1) is 0 Å². The summed E-state index contributed by atoms with van der Waals surface area (Å²) in [6.07, 6.45) is 6.29. The summed E-state index contributed by atoms with van der Waals surface area (Å²) in [6.45, 7) is 4.77. The van der Waals surface area contributed by atoms with Gasteiger partial charge in [-0.15, -0.1) is 0 Å². The average Bonchev–Trinajstić information content (AvgIpc) is 2.47. The highest BCUT2D eigenvalue weighted by atomic mass is 16.5. The highest BCUT2D eigenvalue weighted by Crippen LogP contribution is 2.14. The number of benzene rings is 2. The first-order valence-corrected chi connectivity index (χ1v) is 6.83. The Morgan fingerprint density at radius 3 is 2.05 bits per heavy atom. The fourth-order valence-electron chi connectivity index (χ4n) is 1.74. The second kappa shape index (κ2) is 7.34. The Bertz CT molecular complexity index is 573. The zero-order valence-corrected chi connectivity index (χ0v) is 12.0. The van der Waals surface area contributed by atoms with E-state index in [4.69, 9.17) is 4.74 Å². The normalized spacial score (nSPS) is 10.5. The molecule has 0 amide bonds. The summed E-state index contributed by atoms with van der Waals surface area (Å²) < 4.78 is 5.63. The minimum atomic E-state index is 0.627. The van der Waals surface area contributed by atoms with Gasteiger partial charge in [-0.25, -0.2) is 0 Å². The second-order valence-corrected chi connectivity index (χ2v) is 4.91. The van der Waals surface area contributed by atoms with Gasteiger partial charge in [0.25, 0.3) is 0 Å². The van der Waals surface area contributed by atoms with Gasteiger partial charge >= 0.3 is 0 Å². The summed E-state index contributed by atoms with van der Waals surface area (Å²) in [6, 6.07) is 18.4. The monoisotopic (exact) mass is 264 g/mol. The highest BCUT2D eigenvalue weighted by Gasteiger charge is 1.92. The number of allylic oxidation sites excluding steroid dienone is 1. The van der Waals surface area contributed by atoms with Gasteiger partial charge in [0.2, 0.25) is 0 Å². The van der Waals surface area contributed by atoms with Crippen molar-refractivity contribution in [2.75, 3.05) is 6.61 Å². The van der Waals surface area contributed by atoms with E-state index in [1.165, 1.54) is 16.7 Å². The molecule has 0 aliphatic rings. The molecule has 0 aliphatic carbocycles. The van der Waals surface area contributed by atoms with Crippen LogP contribution in [0, 0.1) is 0 Å². The van der Waals surface area contributed by atoms with Crippen molar-refractivity contribution in [3.8, 4) is 5.75 Å². The Morgan fingerprint density at radius 1 is 0.850 bits per heavy atom. The summed E-state index contributed by atoms with van der Waals surface area (Å²) in [5, 5.41) is 0. The number of hydrogen-bond donors (Lipinski definition) is 0. The Balaban J connectivity index is 1.95. The fourth-order valence-corrected chi connectivity index (χ4v) is 1.74. The van der Waals surface area contributed by atoms with Gasteiger partial charge in [-0.2, -0.15) is 0 Å². The molecule has 2 rings (SSSR count). The molecular formula is C19H20O. The summed E-state index contributed by atoms with van der Waals surface area (Å²) in [5.74, 6) is 0.902. The van der Waals surface area contributed by atoms with Crippen LogP contribution in [-0.2, 0) is 0 Å². The van der Waals surface area contributed by atoms with Crippen LogP contribution in [-0.4, -0.2) is 6.61 Å². The van der Waals surface area contributed by atoms with E-state index in [0.29, 0.717) is 6.61 Å². The molecule has 0 aliphatic heterocycles. The molecule has 2 aromatic rings. The van der Waals surface area contributed by atoms with Crippen molar-refractivity contribution in [1.82, 2.24) is 0 Å². The minimum absolute atomic E-state index is 0.627. The molecule has 0 radical (unpaired) electrons. The van der Waals surface area contributed by atoms with Crippen molar-refractivity contribution in [2.45, 2.75) is 13.8 Å². The molecule has 20 heavy (non-hydrogen) atoms. The second-order valence-electron chi connectivity index (χ2n) is 4.91. The van der Waals surface area contributed by atoms with E-state index in [1.807, 2.05) is 30.3 Å². The molecule has 0 fully saturated rings. The Labute approximate surface area is 121 Å². The fraction of sp³-hybridized carbons (Fsp3) is 0.158. The van der Waals surface area contributed by atoms with Crippen molar-refractivity contribution in [2.24, 2.45) is 0 Å². The van der Waals surface area contributed by atoms with Crippen LogP contribution in [0.25, 0.3) is 12.2 Å². The summed E-state index contributed by atoms with van der Waals surface area (Å²) in [4.78, 5) is 0. The van der Waals surface area contributed by atoms with Crippen LogP contribution in [0.1, 0.15) is 25.0 Å². The molecular weight excluding hydrogens is 244 g/mol. The zero-order chi connectivity index (χ0) is 14.2. The quantitative estimate of drug-likeness (QED) is 0.532. The van der Waals surface area contributed by atoms with Crippen molar-refractivity contribution < 1.29 is 4.74 Å². The van der Waals surface area contributed by atoms with E-state index in [9.17, 15) is 0 Å². The maximum atomic E-state index is 5.63. The van der Waals surface area contributed by atoms with E-state index in [0.717, 1.165) is 5.75 Å². The van der Waals surface area contributed by atoms with E-state index < -0.39 is 0 Å². The first-order chi connectivity index (χ1) is 9.74. The van der Waals surface area contributed by atoms with Gasteiger partial charge in [-0.3, -0.25) is 0 Å². The molecule has 1 heteroatoms. The lowest BCUT2D eigenvalue weighted by Gasteiger charge is -2.03. The lowest BCUT2D eigenvalue weighted by atomic mass is 10.1. The smallest absolute Gasteiger partial charge is 0.119 e. The molecule has 0 spiro atoms. The predicted molar refractivity (Wildman–Crippen MR) is 86.7 cm³/mol. The molecule has 102 valence electrons. The van der Waals surface area contributed by atoms with Crippen molar-refractivity contribution in [3.63, 3.8) is 0 Å². The molecule has 0 bridgehead atoms. The van der Waals surface area contributed by atoms with Crippen LogP contribution >= 0.6 is 0 Å². The SMILES string of the molecule is CC(C)=CCOc1ccc(C=Cc2ccccc2)cc1. The van der Waals surface area contributed by atoms with Gasteiger partial charge in [0, 0.05) is 0 Å². The number of rotatable bonds is 5. The molecule has 1 nitrogen and oxygen atoms in total. The molecule has 0 saturated carbocycles. The lowest BCUT2D eigenvalue weighted by Crippen LogP contribution is -1.93. The van der Waals surface area contributed by atoms with E-state index in [2.05, 4.69) is 56.3 Å². The number of ether oxygens (including phenoxy) is 1. The third-order valence-corrected chi connectivity index (χ3v) is 2.89. The molecule has 2 aromatic carbocycles. The van der Waals surface area contributed by atoms with Crippen molar-refractivity contribution in [3.05, 3.63) is 77.4 Å². The Morgan fingerprint density at radius 2 is 1.45 bits per heavy atom. The van der Waals surface area contributed by atoms with Crippen LogP contribution in [0.15, 0.2) is 66.2 Å². The zero-order valence-electron chi connectivity index (χ0n) is 12.0. The third kappa shape index (κ3) is 4.77. The molecule has 0 atom stereocenters. The van der Waals surface area contributed by atoms with Gasteiger partial charge < -0.3 is 4.74 Å². The average molecular weight is 264 g/mol. The van der Waals surface area contributed by atoms with Crippen LogP contribution in [0.2, 0.25) is 0 Å². The first kappa shape index (κ1) is 14.1. The maximum Gasteiger partial charge on any atom is 0.119 e. The van der Waals surface area contributed by atoms with Crippen molar-refractivity contribution >= 4 is 12.2 Å². The summed E-state index contributed by atoms with van der Waals surface area (Å²) in [7, 11) is 0. The molecule has 0 heterocycles.